The molecule has 36 heavy (non-hydrogen) atoms. The molecule has 2 aromatic carbocycles. The zero-order valence-corrected chi connectivity index (χ0v) is 21.4. The standard InChI is InChI=1S/C27H31N5O3S/c1-30-14-16-32(17-15-30)27(35)20-7-5-19(6-8-20)26-29-22-10-9-21(18-23(22)36-26)25(34)28-11-3-13-31-12-2-4-24(31)33/h5-10,18H,2-4,11-17H2,1H3,(H,28,34). The number of fused-ring (bicyclic) bond motifs is 1. The molecule has 0 spiro atoms. The molecule has 0 atom stereocenters. The lowest BCUT2D eigenvalue weighted by Crippen LogP contribution is -2.47. The molecule has 0 bridgehead atoms. The fourth-order valence-corrected chi connectivity index (χ4v) is 5.66. The first-order valence-corrected chi connectivity index (χ1v) is 13.3. The number of hydrogen-bond acceptors (Lipinski definition) is 6. The van der Waals surface area contributed by atoms with E-state index in [1.807, 2.05) is 46.2 Å². The van der Waals surface area contributed by atoms with Crippen molar-refractivity contribution < 1.29 is 14.4 Å². The van der Waals surface area contributed by atoms with Gasteiger partial charge in [-0.1, -0.05) is 12.1 Å². The van der Waals surface area contributed by atoms with Crippen LogP contribution in [-0.2, 0) is 4.79 Å². The second kappa shape index (κ2) is 10.8. The van der Waals surface area contributed by atoms with E-state index in [1.165, 1.54) is 11.3 Å². The van der Waals surface area contributed by atoms with Crippen LogP contribution in [0.25, 0.3) is 20.8 Å². The molecule has 1 N–H and O–H groups in total. The third kappa shape index (κ3) is 5.42. The van der Waals surface area contributed by atoms with Crippen LogP contribution in [0.3, 0.4) is 0 Å². The van der Waals surface area contributed by atoms with Gasteiger partial charge in [0.1, 0.15) is 5.01 Å². The number of carbonyl (C=O) groups excluding carboxylic acids is 3. The molecule has 1 aromatic heterocycles. The van der Waals surface area contributed by atoms with Gasteiger partial charge in [0.2, 0.25) is 5.91 Å². The lowest BCUT2D eigenvalue weighted by molar-refractivity contribution is -0.127. The van der Waals surface area contributed by atoms with Gasteiger partial charge >= 0.3 is 0 Å². The number of amides is 3. The number of likely N-dealkylation sites (N-methyl/N-ethyl adjacent to an activating group) is 1. The Morgan fingerprint density at radius 2 is 1.75 bits per heavy atom. The number of rotatable bonds is 7. The van der Waals surface area contributed by atoms with Crippen LogP contribution in [0.1, 0.15) is 40.0 Å². The zero-order valence-electron chi connectivity index (χ0n) is 20.5. The molecule has 2 aliphatic rings. The minimum Gasteiger partial charge on any atom is -0.352 e. The number of nitrogens with one attached hydrogen (secondary N) is 1. The number of piperazine rings is 1. The molecule has 8 nitrogen and oxygen atoms in total. The molecule has 3 heterocycles. The van der Waals surface area contributed by atoms with Gasteiger partial charge in [0.05, 0.1) is 10.2 Å². The maximum Gasteiger partial charge on any atom is 0.253 e. The molecular weight excluding hydrogens is 474 g/mol. The quantitative estimate of drug-likeness (QED) is 0.499. The van der Waals surface area contributed by atoms with Gasteiger partial charge in [-0.25, -0.2) is 4.98 Å². The van der Waals surface area contributed by atoms with E-state index in [9.17, 15) is 14.4 Å². The summed E-state index contributed by atoms with van der Waals surface area (Å²) in [5, 5.41) is 3.81. The highest BCUT2D eigenvalue weighted by Crippen LogP contribution is 2.31. The van der Waals surface area contributed by atoms with Crippen LogP contribution in [0, 0.1) is 0 Å². The highest BCUT2D eigenvalue weighted by molar-refractivity contribution is 7.21. The highest BCUT2D eigenvalue weighted by Gasteiger charge is 2.21. The first-order valence-electron chi connectivity index (χ1n) is 12.5. The molecule has 3 aromatic rings. The van der Waals surface area contributed by atoms with Gasteiger partial charge in [0.15, 0.2) is 0 Å². The Kier molecular flexibility index (Phi) is 7.29. The smallest absolute Gasteiger partial charge is 0.253 e. The molecule has 2 aliphatic heterocycles. The molecule has 9 heteroatoms. The fourth-order valence-electron chi connectivity index (χ4n) is 4.65. The van der Waals surface area contributed by atoms with E-state index in [0.717, 1.165) is 66.4 Å². The van der Waals surface area contributed by atoms with E-state index in [-0.39, 0.29) is 17.7 Å². The van der Waals surface area contributed by atoms with Gasteiger partial charge < -0.3 is 20.0 Å². The normalized spacial score (nSPS) is 16.6. The SMILES string of the molecule is CN1CCN(C(=O)c2ccc(-c3nc4ccc(C(=O)NCCCN5CCCC5=O)cc4s3)cc2)CC1. The van der Waals surface area contributed by atoms with Crippen molar-refractivity contribution in [1.82, 2.24) is 25.0 Å². The van der Waals surface area contributed by atoms with Crippen molar-refractivity contribution in [3.8, 4) is 10.6 Å². The van der Waals surface area contributed by atoms with Crippen molar-refractivity contribution in [1.29, 1.82) is 0 Å². The summed E-state index contributed by atoms with van der Waals surface area (Å²) in [5.74, 6) is 0.164. The summed E-state index contributed by atoms with van der Waals surface area (Å²) in [6, 6.07) is 13.2. The molecule has 3 amide bonds. The number of aromatic nitrogens is 1. The van der Waals surface area contributed by atoms with E-state index in [2.05, 4.69) is 17.3 Å². The molecule has 2 saturated heterocycles. The number of carbonyl (C=O) groups is 3. The molecule has 5 rings (SSSR count). The van der Waals surface area contributed by atoms with E-state index < -0.39 is 0 Å². The fraction of sp³-hybridized carbons (Fsp3) is 0.407. The Morgan fingerprint density at radius 1 is 1.00 bits per heavy atom. The van der Waals surface area contributed by atoms with Crippen molar-refractivity contribution in [2.45, 2.75) is 19.3 Å². The molecule has 0 saturated carbocycles. The van der Waals surface area contributed by atoms with Crippen LogP contribution in [0.2, 0.25) is 0 Å². The third-order valence-electron chi connectivity index (χ3n) is 6.88. The number of hydrogen-bond donors (Lipinski definition) is 1. The monoisotopic (exact) mass is 505 g/mol. The number of likely N-dealkylation sites (tertiary alicyclic amines) is 1. The summed E-state index contributed by atoms with van der Waals surface area (Å²) >= 11 is 1.53. The summed E-state index contributed by atoms with van der Waals surface area (Å²) < 4.78 is 0.943. The topological polar surface area (TPSA) is 85.8 Å². The maximum atomic E-state index is 12.8. The van der Waals surface area contributed by atoms with Crippen molar-refractivity contribution in [2.24, 2.45) is 0 Å². The van der Waals surface area contributed by atoms with E-state index >= 15 is 0 Å². The van der Waals surface area contributed by atoms with Gasteiger partial charge in [0, 0.05) is 68.9 Å². The van der Waals surface area contributed by atoms with Crippen molar-refractivity contribution in [2.75, 3.05) is 52.9 Å². The maximum absolute atomic E-state index is 12.8. The van der Waals surface area contributed by atoms with Crippen LogP contribution in [0.15, 0.2) is 42.5 Å². The highest BCUT2D eigenvalue weighted by atomic mass is 32.1. The molecule has 0 unspecified atom stereocenters. The summed E-state index contributed by atoms with van der Waals surface area (Å²) in [7, 11) is 2.07. The Bertz CT molecular complexity index is 1260. The second-order valence-corrected chi connectivity index (χ2v) is 10.5. The van der Waals surface area contributed by atoms with Gasteiger partial charge in [-0.15, -0.1) is 11.3 Å². The molecule has 0 aliphatic carbocycles. The van der Waals surface area contributed by atoms with Crippen LogP contribution in [0.4, 0.5) is 0 Å². The molecule has 0 radical (unpaired) electrons. The zero-order chi connectivity index (χ0) is 25.1. The number of thiazole rings is 1. The largest absolute Gasteiger partial charge is 0.352 e. The predicted octanol–water partition coefficient (Wildman–Crippen LogP) is 3.09. The Balaban J connectivity index is 1.20. The molecule has 188 valence electrons. The summed E-state index contributed by atoms with van der Waals surface area (Å²) in [5.41, 5.74) is 3.09. The average molecular weight is 506 g/mol. The lowest BCUT2D eigenvalue weighted by atomic mass is 10.1. The Hall–Kier alpha value is -3.30. The summed E-state index contributed by atoms with van der Waals surface area (Å²) in [4.78, 5) is 47.9. The third-order valence-corrected chi connectivity index (χ3v) is 7.95. The van der Waals surface area contributed by atoms with Crippen molar-refractivity contribution >= 4 is 39.3 Å². The predicted molar refractivity (Wildman–Crippen MR) is 141 cm³/mol. The minimum atomic E-state index is -0.119. The molecular formula is C27H31N5O3S. The van der Waals surface area contributed by atoms with Crippen LogP contribution < -0.4 is 5.32 Å². The summed E-state index contributed by atoms with van der Waals surface area (Å²) in [6.07, 6.45) is 2.32. The van der Waals surface area contributed by atoms with Gasteiger partial charge in [-0.2, -0.15) is 0 Å². The van der Waals surface area contributed by atoms with E-state index in [0.29, 0.717) is 30.6 Å². The number of nitrogens with zero attached hydrogens (tertiary/aromatic N) is 4. The van der Waals surface area contributed by atoms with E-state index in [4.69, 9.17) is 4.98 Å². The van der Waals surface area contributed by atoms with E-state index in [1.54, 1.807) is 6.07 Å². The average Bonchev–Trinajstić information content (AvgIpc) is 3.52. The van der Waals surface area contributed by atoms with Gasteiger partial charge in [0.25, 0.3) is 11.8 Å². The van der Waals surface area contributed by atoms with Crippen molar-refractivity contribution in [3.63, 3.8) is 0 Å². The van der Waals surface area contributed by atoms with Crippen LogP contribution in [0.5, 0.6) is 0 Å². The summed E-state index contributed by atoms with van der Waals surface area (Å²) in [6.45, 7) is 5.35. The molecule has 2 fully saturated rings. The lowest BCUT2D eigenvalue weighted by Gasteiger charge is -2.32. The van der Waals surface area contributed by atoms with Crippen molar-refractivity contribution in [3.05, 3.63) is 53.6 Å². The van der Waals surface area contributed by atoms with Crippen LogP contribution in [-0.4, -0.2) is 90.3 Å². The Labute approximate surface area is 214 Å². The van der Waals surface area contributed by atoms with Gasteiger partial charge in [-0.05, 0) is 50.2 Å². The van der Waals surface area contributed by atoms with Crippen LogP contribution >= 0.6 is 11.3 Å². The Morgan fingerprint density at radius 3 is 2.47 bits per heavy atom. The first kappa shape index (κ1) is 24.4. The number of benzene rings is 2. The first-order chi connectivity index (χ1) is 17.5. The second-order valence-electron chi connectivity index (χ2n) is 9.47. The minimum absolute atomic E-state index is 0.0710. The van der Waals surface area contributed by atoms with Gasteiger partial charge in [-0.3, -0.25) is 14.4 Å².